The quantitative estimate of drug-likeness (QED) is 0.708. The van der Waals surface area contributed by atoms with Crippen molar-refractivity contribution < 1.29 is 29.0 Å². The minimum Gasteiger partial charge on any atom is -0.493 e. The summed E-state index contributed by atoms with van der Waals surface area (Å²) in [7, 11) is 1.37. The van der Waals surface area contributed by atoms with Crippen LogP contribution in [0.5, 0.6) is 11.5 Å². The number of hydrogen-bond donors (Lipinski definition) is 3. The monoisotopic (exact) mass is 368 g/mol. The zero-order chi connectivity index (χ0) is 18.7. The molecular weight excluding hydrogens is 352 g/mol. The Morgan fingerprint density at radius 2 is 2.04 bits per heavy atom. The Morgan fingerprint density at radius 1 is 1.36 bits per heavy atom. The highest BCUT2D eigenvalue weighted by atomic mass is 35.5. The second kappa shape index (κ2) is 7.43. The van der Waals surface area contributed by atoms with Crippen molar-refractivity contribution in [3.05, 3.63) is 34.0 Å². The lowest BCUT2D eigenvalue weighted by Crippen LogP contribution is -2.44. The van der Waals surface area contributed by atoms with Crippen LogP contribution in [0.25, 0.3) is 0 Å². The van der Waals surface area contributed by atoms with Gasteiger partial charge in [-0.05, 0) is 19.9 Å². The fourth-order valence-electron chi connectivity index (χ4n) is 2.64. The molecule has 8 nitrogen and oxygen atoms in total. The summed E-state index contributed by atoms with van der Waals surface area (Å²) in [6.07, 6.45) is 0. The second-order valence-electron chi connectivity index (χ2n) is 5.34. The van der Waals surface area contributed by atoms with Crippen LogP contribution in [0.1, 0.15) is 25.5 Å². The van der Waals surface area contributed by atoms with Gasteiger partial charge in [0, 0.05) is 27.9 Å². The zero-order valence-electron chi connectivity index (χ0n) is 13.8. The SMILES string of the molecule is COc1cc(Cl)cc([C@H]2NC(=O)NC(C)=C2C(C)=O)c1OCC(=O)O. The van der Waals surface area contributed by atoms with Crippen molar-refractivity contribution in [2.24, 2.45) is 0 Å². The van der Waals surface area contributed by atoms with Crippen LogP contribution in [0, 0.1) is 0 Å². The third-order valence-electron chi connectivity index (χ3n) is 3.57. The summed E-state index contributed by atoms with van der Waals surface area (Å²) in [6.45, 7) is 2.34. The molecule has 0 aliphatic carbocycles. The van der Waals surface area contributed by atoms with Crippen LogP contribution in [0.2, 0.25) is 5.02 Å². The number of carbonyl (C=O) groups is 3. The third-order valence-corrected chi connectivity index (χ3v) is 3.79. The van der Waals surface area contributed by atoms with Crippen molar-refractivity contribution in [2.45, 2.75) is 19.9 Å². The molecular formula is C16H17ClN2O6. The number of urea groups is 1. The van der Waals surface area contributed by atoms with Gasteiger partial charge in [0.2, 0.25) is 0 Å². The molecule has 25 heavy (non-hydrogen) atoms. The van der Waals surface area contributed by atoms with Gasteiger partial charge in [-0.3, -0.25) is 4.79 Å². The molecule has 0 radical (unpaired) electrons. The van der Waals surface area contributed by atoms with E-state index in [0.717, 1.165) is 0 Å². The molecule has 1 heterocycles. The molecule has 2 rings (SSSR count). The van der Waals surface area contributed by atoms with Crippen molar-refractivity contribution >= 4 is 29.4 Å². The first-order valence-electron chi connectivity index (χ1n) is 7.25. The Bertz CT molecular complexity index is 774. The largest absolute Gasteiger partial charge is 0.493 e. The topological polar surface area (TPSA) is 114 Å². The molecule has 1 aliphatic heterocycles. The molecule has 0 saturated carbocycles. The van der Waals surface area contributed by atoms with Gasteiger partial charge in [0.15, 0.2) is 23.9 Å². The Hall–Kier alpha value is -2.74. The minimum atomic E-state index is -1.18. The first-order valence-corrected chi connectivity index (χ1v) is 7.63. The molecule has 0 bridgehead atoms. The van der Waals surface area contributed by atoms with Crippen molar-refractivity contribution in [3.8, 4) is 11.5 Å². The summed E-state index contributed by atoms with van der Waals surface area (Å²) in [6, 6.07) is 1.58. The average molecular weight is 369 g/mol. The van der Waals surface area contributed by atoms with Gasteiger partial charge in [-0.2, -0.15) is 0 Å². The number of rotatable bonds is 6. The molecule has 2 amide bonds. The molecule has 1 aliphatic rings. The van der Waals surface area contributed by atoms with Gasteiger partial charge in [0.05, 0.1) is 13.2 Å². The number of amides is 2. The summed E-state index contributed by atoms with van der Waals surface area (Å²) < 4.78 is 10.5. The Morgan fingerprint density at radius 3 is 2.60 bits per heavy atom. The molecule has 3 N–H and O–H groups in total. The predicted octanol–water partition coefficient (Wildman–Crippen LogP) is 2.03. The molecule has 1 aromatic rings. The summed E-state index contributed by atoms with van der Waals surface area (Å²) in [5.74, 6) is -1.17. The summed E-state index contributed by atoms with van der Waals surface area (Å²) in [5.41, 5.74) is 1.03. The van der Waals surface area contributed by atoms with E-state index in [0.29, 0.717) is 16.8 Å². The van der Waals surface area contributed by atoms with E-state index in [1.165, 1.54) is 26.2 Å². The first kappa shape index (κ1) is 18.6. The number of benzene rings is 1. The highest BCUT2D eigenvalue weighted by Gasteiger charge is 2.32. The van der Waals surface area contributed by atoms with Gasteiger partial charge in [-0.25, -0.2) is 9.59 Å². The van der Waals surface area contributed by atoms with E-state index in [4.69, 9.17) is 26.2 Å². The predicted molar refractivity (Wildman–Crippen MR) is 88.9 cm³/mol. The molecule has 134 valence electrons. The lowest BCUT2D eigenvalue weighted by molar-refractivity contribution is -0.139. The Labute approximate surface area is 148 Å². The first-order chi connectivity index (χ1) is 11.7. The number of hydrogen-bond acceptors (Lipinski definition) is 5. The second-order valence-corrected chi connectivity index (χ2v) is 5.77. The molecule has 0 saturated heterocycles. The van der Waals surface area contributed by atoms with E-state index in [1.54, 1.807) is 6.92 Å². The van der Waals surface area contributed by atoms with Crippen molar-refractivity contribution in [1.82, 2.24) is 10.6 Å². The zero-order valence-corrected chi connectivity index (χ0v) is 14.6. The van der Waals surface area contributed by atoms with E-state index in [1.807, 2.05) is 0 Å². The summed E-state index contributed by atoms with van der Waals surface area (Å²) in [5, 5.41) is 14.3. The van der Waals surface area contributed by atoms with Gasteiger partial charge in [-0.15, -0.1) is 0 Å². The van der Waals surface area contributed by atoms with Gasteiger partial charge in [0.25, 0.3) is 0 Å². The lowest BCUT2D eigenvalue weighted by atomic mass is 9.92. The van der Waals surface area contributed by atoms with E-state index in [9.17, 15) is 14.4 Å². The van der Waals surface area contributed by atoms with E-state index < -0.39 is 24.6 Å². The number of carbonyl (C=O) groups excluding carboxylic acids is 2. The smallest absolute Gasteiger partial charge is 0.341 e. The molecule has 9 heteroatoms. The van der Waals surface area contributed by atoms with Crippen molar-refractivity contribution in [1.29, 1.82) is 0 Å². The minimum absolute atomic E-state index is 0.0908. The maximum Gasteiger partial charge on any atom is 0.341 e. The molecule has 1 atom stereocenters. The number of ether oxygens (including phenoxy) is 2. The summed E-state index contributed by atoms with van der Waals surface area (Å²) in [4.78, 5) is 34.8. The number of aliphatic carboxylic acids is 1. The Kier molecular flexibility index (Phi) is 5.53. The fourth-order valence-corrected chi connectivity index (χ4v) is 2.85. The number of halogens is 1. The van der Waals surface area contributed by atoms with Gasteiger partial charge in [0.1, 0.15) is 0 Å². The summed E-state index contributed by atoms with van der Waals surface area (Å²) >= 11 is 6.10. The fraction of sp³-hybridized carbons (Fsp3) is 0.312. The molecule has 1 aromatic carbocycles. The maximum atomic E-state index is 12.1. The number of ketones is 1. The lowest BCUT2D eigenvalue weighted by Gasteiger charge is -2.29. The van der Waals surface area contributed by atoms with E-state index in [-0.39, 0.29) is 22.3 Å². The maximum absolute atomic E-state index is 12.1. The number of Topliss-reactive ketones (excluding diaryl/α,β-unsaturated/α-hetero) is 1. The average Bonchev–Trinajstić information content (AvgIpc) is 2.51. The standard InChI is InChI=1S/C16H17ClN2O6/c1-7-13(8(2)20)14(19-16(23)18-7)10-4-9(17)5-11(24-3)15(10)25-6-12(21)22/h4-5,14H,6H2,1-3H3,(H,21,22)(H2,18,19,23)/t14-/m1/s1. The normalized spacial score (nSPS) is 16.8. The molecule has 0 unspecified atom stereocenters. The van der Waals surface area contributed by atoms with Crippen LogP contribution < -0.4 is 20.1 Å². The number of carboxylic acids is 1. The molecule has 0 spiro atoms. The number of allylic oxidation sites excluding steroid dienone is 1. The van der Waals surface area contributed by atoms with E-state index >= 15 is 0 Å². The van der Waals surface area contributed by atoms with Crippen LogP contribution >= 0.6 is 11.6 Å². The number of methoxy groups -OCH3 is 1. The van der Waals surface area contributed by atoms with Crippen molar-refractivity contribution in [2.75, 3.05) is 13.7 Å². The van der Waals surface area contributed by atoms with Gasteiger partial charge in [-0.1, -0.05) is 11.6 Å². The van der Waals surface area contributed by atoms with E-state index in [2.05, 4.69) is 10.6 Å². The van der Waals surface area contributed by atoms with Gasteiger partial charge >= 0.3 is 12.0 Å². The van der Waals surface area contributed by atoms with Crippen LogP contribution in [0.4, 0.5) is 4.79 Å². The molecule has 0 fully saturated rings. The van der Waals surface area contributed by atoms with Crippen LogP contribution in [0.3, 0.4) is 0 Å². The van der Waals surface area contributed by atoms with Crippen molar-refractivity contribution in [3.63, 3.8) is 0 Å². The van der Waals surface area contributed by atoms with Gasteiger partial charge < -0.3 is 25.2 Å². The number of nitrogens with one attached hydrogen (secondary N) is 2. The van der Waals surface area contributed by atoms with Crippen LogP contribution in [0.15, 0.2) is 23.4 Å². The highest BCUT2D eigenvalue weighted by molar-refractivity contribution is 6.30. The highest BCUT2D eigenvalue weighted by Crippen LogP contribution is 2.41. The number of carboxylic acid groups (broad SMARTS) is 1. The molecule has 0 aromatic heterocycles. The Balaban J connectivity index is 2.64. The third kappa shape index (κ3) is 4.03. The van der Waals surface area contributed by atoms with Crippen LogP contribution in [-0.4, -0.2) is 36.6 Å². The van der Waals surface area contributed by atoms with Crippen LogP contribution in [-0.2, 0) is 9.59 Å².